The lowest BCUT2D eigenvalue weighted by Crippen LogP contribution is -2.33. The van der Waals surface area contributed by atoms with Gasteiger partial charge in [0.2, 0.25) is 17.7 Å². The predicted molar refractivity (Wildman–Crippen MR) is 153 cm³/mol. The largest absolute Gasteiger partial charge is 0.491 e. The lowest BCUT2D eigenvalue weighted by atomic mass is 10.1. The fraction of sp³-hybridized carbons (Fsp3) is 0.179. The van der Waals surface area contributed by atoms with Crippen LogP contribution in [0.25, 0.3) is 11.9 Å². The number of ether oxygens (including phenoxy) is 1. The number of carbonyl (C=O) groups excluding carboxylic acids is 1. The summed E-state index contributed by atoms with van der Waals surface area (Å²) in [4.78, 5) is 42.4. The Hall–Kier alpha value is -5.73. The van der Waals surface area contributed by atoms with E-state index in [9.17, 15) is 18.4 Å². The number of benzene rings is 1. The summed E-state index contributed by atoms with van der Waals surface area (Å²) in [6.07, 6.45) is 14.6. The third-order valence-corrected chi connectivity index (χ3v) is 6.22. The van der Waals surface area contributed by atoms with Crippen LogP contribution < -0.4 is 26.7 Å². The Morgan fingerprint density at radius 1 is 1.21 bits per heavy atom. The molecule has 3 aromatic heterocycles. The minimum atomic E-state index is -1.04. The smallest absolute Gasteiger partial charge is 0.266 e. The van der Waals surface area contributed by atoms with Crippen molar-refractivity contribution < 1.29 is 18.3 Å². The van der Waals surface area contributed by atoms with Gasteiger partial charge in [0.05, 0.1) is 26.2 Å². The molecular formula is C28H26F2N10O3. The van der Waals surface area contributed by atoms with Crippen molar-refractivity contribution in [2.75, 3.05) is 24.7 Å². The normalized spacial score (nSPS) is 12.8. The number of allylic oxidation sites excluding steroid dienone is 4. The third-order valence-electron chi connectivity index (χ3n) is 6.22. The highest BCUT2D eigenvalue weighted by atomic mass is 19.2. The van der Waals surface area contributed by atoms with Gasteiger partial charge in [-0.1, -0.05) is 24.3 Å². The molecule has 0 atom stereocenters. The van der Waals surface area contributed by atoms with E-state index in [0.29, 0.717) is 17.3 Å². The Bertz CT molecular complexity index is 1810. The molecule has 1 aromatic carbocycles. The number of rotatable bonds is 10. The van der Waals surface area contributed by atoms with Gasteiger partial charge in [0.25, 0.3) is 11.5 Å². The first kappa shape index (κ1) is 28.8. The second kappa shape index (κ2) is 12.8. The number of nitrogens with one attached hydrogen (secondary N) is 2. The summed E-state index contributed by atoms with van der Waals surface area (Å²) in [5.74, 6) is -1.48. The maximum Gasteiger partial charge on any atom is 0.266 e. The molecule has 0 spiro atoms. The summed E-state index contributed by atoms with van der Waals surface area (Å²) in [6.45, 7) is -0.0611. The number of nitrogens with two attached hydrogens (primary N) is 1. The van der Waals surface area contributed by atoms with Crippen LogP contribution >= 0.6 is 0 Å². The lowest BCUT2D eigenvalue weighted by molar-refractivity contribution is 0.0955. The Labute approximate surface area is 243 Å². The van der Waals surface area contributed by atoms with Crippen LogP contribution in [0.15, 0.2) is 71.7 Å². The maximum atomic E-state index is 13.5. The van der Waals surface area contributed by atoms with E-state index in [0.717, 1.165) is 41.4 Å². The van der Waals surface area contributed by atoms with Crippen LogP contribution in [0.2, 0.25) is 0 Å². The van der Waals surface area contributed by atoms with Crippen molar-refractivity contribution in [1.82, 2.24) is 39.6 Å². The summed E-state index contributed by atoms with van der Waals surface area (Å²) in [7, 11) is 1.46. The molecule has 0 fully saturated rings. The minimum absolute atomic E-state index is 0.0319. The second-order valence-electron chi connectivity index (χ2n) is 9.21. The van der Waals surface area contributed by atoms with Gasteiger partial charge in [-0.15, -0.1) is 5.10 Å². The van der Waals surface area contributed by atoms with Crippen molar-refractivity contribution in [3.05, 3.63) is 106 Å². The number of aromatic nitrogens is 7. The van der Waals surface area contributed by atoms with Gasteiger partial charge < -0.3 is 21.1 Å². The zero-order valence-electron chi connectivity index (χ0n) is 22.9. The highest BCUT2D eigenvalue weighted by Crippen LogP contribution is 2.23. The number of halogens is 2. The molecule has 0 saturated carbocycles. The molecule has 1 aliphatic rings. The van der Waals surface area contributed by atoms with Gasteiger partial charge in [0.15, 0.2) is 23.2 Å². The highest BCUT2D eigenvalue weighted by molar-refractivity contribution is 5.93. The number of carbonyl (C=O) groups is 1. The van der Waals surface area contributed by atoms with Gasteiger partial charge in [0, 0.05) is 18.4 Å². The van der Waals surface area contributed by atoms with E-state index in [1.807, 2.05) is 12.2 Å². The molecule has 15 heteroatoms. The first-order valence-electron chi connectivity index (χ1n) is 13.0. The summed E-state index contributed by atoms with van der Waals surface area (Å²) >= 11 is 0. The number of nitrogen functional groups attached to an aromatic ring is 1. The fourth-order valence-corrected chi connectivity index (χ4v) is 4.10. The molecule has 13 nitrogen and oxygen atoms in total. The molecule has 4 N–H and O–H groups in total. The Kier molecular flexibility index (Phi) is 8.60. The molecule has 5 rings (SSSR count). The fourth-order valence-electron chi connectivity index (χ4n) is 4.10. The van der Waals surface area contributed by atoms with Gasteiger partial charge in [-0.2, -0.15) is 9.67 Å². The number of amides is 1. The van der Waals surface area contributed by atoms with Crippen LogP contribution in [0.1, 0.15) is 34.6 Å². The van der Waals surface area contributed by atoms with Gasteiger partial charge in [0.1, 0.15) is 5.56 Å². The average molecular weight is 589 g/mol. The maximum absolute atomic E-state index is 13.5. The van der Waals surface area contributed by atoms with Crippen molar-refractivity contribution in [3.63, 3.8) is 0 Å². The molecule has 0 saturated heterocycles. The zero-order chi connectivity index (χ0) is 30.3. The zero-order valence-corrected chi connectivity index (χ0v) is 22.9. The van der Waals surface area contributed by atoms with Crippen LogP contribution in [-0.2, 0) is 6.54 Å². The molecule has 4 aromatic rings. The molecule has 0 aliphatic heterocycles. The first-order valence-corrected chi connectivity index (χ1v) is 13.0. The number of hydrogen-bond donors (Lipinski definition) is 3. The van der Waals surface area contributed by atoms with Crippen LogP contribution in [0.4, 0.5) is 20.7 Å². The van der Waals surface area contributed by atoms with Crippen molar-refractivity contribution >= 4 is 23.9 Å². The van der Waals surface area contributed by atoms with Gasteiger partial charge >= 0.3 is 0 Å². The Balaban J connectivity index is 1.25. The average Bonchev–Trinajstić information content (AvgIpc) is 3.37. The highest BCUT2D eigenvalue weighted by Gasteiger charge is 2.17. The van der Waals surface area contributed by atoms with E-state index < -0.39 is 23.1 Å². The number of anilines is 2. The first-order chi connectivity index (χ1) is 20.8. The Morgan fingerprint density at radius 3 is 2.84 bits per heavy atom. The lowest BCUT2D eigenvalue weighted by Gasteiger charge is -2.09. The number of hydrogen-bond acceptors (Lipinski definition) is 10. The van der Waals surface area contributed by atoms with Crippen molar-refractivity contribution in [2.24, 2.45) is 0 Å². The summed E-state index contributed by atoms with van der Waals surface area (Å²) in [5.41, 5.74) is 6.54. The molecule has 0 radical (unpaired) electrons. The molecule has 1 amide bonds. The monoisotopic (exact) mass is 588 g/mol. The second-order valence-corrected chi connectivity index (χ2v) is 9.21. The van der Waals surface area contributed by atoms with E-state index in [1.165, 1.54) is 30.4 Å². The van der Waals surface area contributed by atoms with E-state index in [4.69, 9.17) is 10.5 Å². The minimum Gasteiger partial charge on any atom is -0.491 e. The van der Waals surface area contributed by atoms with E-state index in [2.05, 4.69) is 41.7 Å². The SMILES string of the molecule is COc1cnc(/C=C/CNC(=O)c2cncn(Cc3ccc(F)c(F)c3)c2=O)nc1-n1nc(NC2=CC=CCC2)nc1N. The summed E-state index contributed by atoms with van der Waals surface area (Å²) < 4.78 is 34.6. The van der Waals surface area contributed by atoms with E-state index >= 15 is 0 Å². The molecule has 220 valence electrons. The summed E-state index contributed by atoms with van der Waals surface area (Å²) in [5, 5.41) is 10.2. The Morgan fingerprint density at radius 2 is 2.07 bits per heavy atom. The van der Waals surface area contributed by atoms with Crippen LogP contribution in [0, 0.1) is 11.6 Å². The number of nitrogens with zero attached hydrogens (tertiary/aromatic N) is 7. The van der Waals surface area contributed by atoms with Crippen LogP contribution in [0.5, 0.6) is 5.75 Å². The van der Waals surface area contributed by atoms with Gasteiger partial charge in [-0.25, -0.2) is 23.7 Å². The molecule has 0 unspecified atom stereocenters. The quantitative estimate of drug-likeness (QED) is 0.250. The molecule has 0 bridgehead atoms. The third kappa shape index (κ3) is 6.78. The molecule has 1 aliphatic carbocycles. The predicted octanol–water partition coefficient (Wildman–Crippen LogP) is 2.62. The summed E-state index contributed by atoms with van der Waals surface area (Å²) in [6, 6.07) is 3.28. The van der Waals surface area contributed by atoms with Crippen LogP contribution in [-0.4, -0.2) is 53.8 Å². The van der Waals surface area contributed by atoms with E-state index in [-0.39, 0.29) is 36.2 Å². The molecular weight excluding hydrogens is 562 g/mol. The van der Waals surface area contributed by atoms with Crippen LogP contribution in [0.3, 0.4) is 0 Å². The topological polar surface area (TPSA) is 168 Å². The van der Waals surface area contributed by atoms with Crippen molar-refractivity contribution in [2.45, 2.75) is 19.4 Å². The standard InChI is InChI=1S/C28H26F2N10O3/c1-43-22-14-34-23(36-24(22)40-27(31)37-28(38-40)35-18-6-3-2-4-7-18)8-5-11-33-25(41)19-13-32-16-39(26(19)42)15-17-9-10-20(29)21(30)12-17/h2-3,5-6,8-10,12-14,16H,4,7,11,15H2,1H3,(H,33,41)(H3,31,35,37,38)/b8-5+. The van der Waals surface area contributed by atoms with Crippen molar-refractivity contribution in [3.8, 4) is 11.6 Å². The van der Waals surface area contributed by atoms with Crippen molar-refractivity contribution in [1.29, 1.82) is 0 Å². The molecule has 3 heterocycles. The number of methoxy groups -OCH3 is 1. The van der Waals surface area contributed by atoms with E-state index in [1.54, 1.807) is 12.2 Å². The molecule has 43 heavy (non-hydrogen) atoms. The van der Waals surface area contributed by atoms with Gasteiger partial charge in [-0.05, 0) is 42.7 Å². The van der Waals surface area contributed by atoms with Gasteiger partial charge in [-0.3, -0.25) is 14.2 Å².